The zero-order valence-corrected chi connectivity index (χ0v) is 43.1. The van der Waals surface area contributed by atoms with E-state index in [1.807, 2.05) is 13.8 Å². The van der Waals surface area contributed by atoms with E-state index in [4.69, 9.17) is 32.4 Å². The van der Waals surface area contributed by atoms with Gasteiger partial charge < -0.3 is 79.6 Å². The van der Waals surface area contributed by atoms with E-state index in [9.17, 15) is 57.8 Å². The van der Waals surface area contributed by atoms with Gasteiger partial charge in [-0.15, -0.1) is 13.2 Å². The summed E-state index contributed by atoms with van der Waals surface area (Å²) in [7, 11) is 0. The van der Waals surface area contributed by atoms with Crippen LogP contribution in [0, 0.1) is 11.8 Å². The molecule has 26 nitrogen and oxygen atoms in total. The fourth-order valence-electron chi connectivity index (χ4n) is 7.65. The topological polar surface area (TPSA) is 418 Å². The van der Waals surface area contributed by atoms with E-state index in [2.05, 4.69) is 50.4 Å². The molecule has 11 amide bonds. The van der Waals surface area contributed by atoms with Crippen LogP contribution in [0.5, 0.6) is 5.75 Å². The number of amides is 11. The van der Waals surface area contributed by atoms with Crippen molar-refractivity contribution in [1.82, 2.24) is 42.1 Å². The summed E-state index contributed by atoms with van der Waals surface area (Å²) in [4.78, 5) is 148. The van der Waals surface area contributed by atoms with Crippen LogP contribution in [0.25, 0.3) is 0 Å². The molecule has 0 unspecified atom stereocenters. The quantitative estimate of drug-likeness (QED) is 0.0231. The van der Waals surface area contributed by atoms with E-state index in [-0.39, 0.29) is 57.3 Å². The summed E-state index contributed by atoms with van der Waals surface area (Å²) >= 11 is 0. The number of nitrogens with zero attached hydrogens (tertiary/aromatic N) is 1. The van der Waals surface area contributed by atoms with Crippen LogP contribution in [0.1, 0.15) is 78.2 Å². The SMILES string of the molecule is C=CCOC[C@H](NC(=O)[C@H](CC(N)=O)NC(=O)[C@H](CCC(N)=O)NC(=O)[C@@H](NC(=O)[C@H](Cc1ccc(O)cc1)NC(=O)[C@@H](N)COCC=C)[C@@H](C)CC)C(=O)N1CCC[C@H]1C(=O)N[C@@H](CC(C)C)C(=O)NCC(N)=O. The first kappa shape index (κ1) is 63.7. The minimum atomic E-state index is -1.81. The van der Waals surface area contributed by atoms with Crippen molar-refractivity contribution in [2.75, 3.05) is 39.5 Å². The summed E-state index contributed by atoms with van der Waals surface area (Å²) in [6, 6.07) is -5.36. The maximum atomic E-state index is 14.3. The molecule has 0 radical (unpaired) electrons. The summed E-state index contributed by atoms with van der Waals surface area (Å²) < 4.78 is 10.8. The van der Waals surface area contributed by atoms with Gasteiger partial charge in [-0.1, -0.05) is 58.4 Å². The summed E-state index contributed by atoms with van der Waals surface area (Å²) in [6.07, 6.45) is 1.94. The van der Waals surface area contributed by atoms with Crippen molar-refractivity contribution in [3.63, 3.8) is 0 Å². The number of phenols is 1. The highest BCUT2D eigenvalue weighted by atomic mass is 16.5. The minimum Gasteiger partial charge on any atom is -0.508 e. The first-order valence-corrected chi connectivity index (χ1v) is 24.6. The van der Waals surface area contributed by atoms with Crippen molar-refractivity contribution in [1.29, 1.82) is 0 Å². The van der Waals surface area contributed by atoms with E-state index in [1.54, 1.807) is 13.8 Å². The molecule has 2 rings (SSSR count). The third-order valence-electron chi connectivity index (χ3n) is 11.8. The summed E-state index contributed by atoms with van der Waals surface area (Å²) in [5, 5.41) is 27.4. The van der Waals surface area contributed by atoms with Gasteiger partial charge >= 0.3 is 0 Å². The van der Waals surface area contributed by atoms with Gasteiger partial charge in [0.25, 0.3) is 0 Å². The Bertz CT molecular complexity index is 2180. The summed E-state index contributed by atoms with van der Waals surface area (Å²) in [5.74, 6) is -10.5. The number of primary amides is 3. The molecule has 0 bridgehead atoms. The third-order valence-corrected chi connectivity index (χ3v) is 11.8. The van der Waals surface area contributed by atoms with Gasteiger partial charge in [0.2, 0.25) is 65.0 Å². The van der Waals surface area contributed by atoms with Crippen molar-refractivity contribution < 1.29 is 67.3 Å². The number of nitrogens with two attached hydrogens (primary N) is 4. The Morgan fingerprint density at radius 2 is 1.28 bits per heavy atom. The standard InChI is InChI=1S/C49H76N12O14/c1-7-19-74-25-31(50)42(66)56-34(22-29-12-14-30(62)15-13-29)46(70)60-41(28(6)9-3)48(72)55-32(16-17-38(51)63)44(68)57-35(23-39(52)64)45(69)59-36(26-75-20-8-2)49(73)61-18-10-11-37(61)47(71)58-33(21-27(4)5)43(67)54-24-40(53)65/h7-8,12-15,27-28,31-37,41,62H,1-2,9-11,16-26,50H2,3-6H3,(H2,51,63)(H2,52,64)(H2,53,65)(H,54,67)(H,55,72)(H,56,66)(H,57,68)(H,58,71)(H,59,69)(H,60,70)/t28-,31-,32-,33-,34-,35-,36-,37-,41-/m0/s1. The largest absolute Gasteiger partial charge is 0.508 e. The molecule has 0 aliphatic carbocycles. The van der Waals surface area contributed by atoms with E-state index in [1.165, 1.54) is 41.3 Å². The van der Waals surface area contributed by atoms with Gasteiger partial charge in [-0.3, -0.25) is 52.7 Å². The predicted molar refractivity (Wildman–Crippen MR) is 271 cm³/mol. The first-order valence-electron chi connectivity index (χ1n) is 24.6. The molecular formula is C49H76N12O14. The number of aromatic hydroxyl groups is 1. The highest BCUT2D eigenvalue weighted by Gasteiger charge is 2.41. The second kappa shape index (κ2) is 32.7. The maximum Gasteiger partial charge on any atom is 0.248 e. The number of carbonyl (C=O) groups excluding carboxylic acids is 11. The van der Waals surface area contributed by atoms with E-state index < -0.39 is 152 Å². The van der Waals surface area contributed by atoms with Gasteiger partial charge in [0.05, 0.1) is 39.4 Å². The predicted octanol–water partition coefficient (Wildman–Crippen LogP) is -3.60. The van der Waals surface area contributed by atoms with Crippen molar-refractivity contribution in [2.24, 2.45) is 34.8 Å². The average molecular weight is 1060 g/mol. The number of rotatable bonds is 35. The van der Waals surface area contributed by atoms with Crippen LogP contribution in [-0.4, -0.2) is 163 Å². The van der Waals surface area contributed by atoms with Crippen LogP contribution in [0.4, 0.5) is 0 Å². The van der Waals surface area contributed by atoms with Crippen molar-refractivity contribution in [3.05, 3.63) is 55.1 Å². The molecule has 1 aromatic carbocycles. The normalized spacial score (nSPS) is 16.2. The lowest BCUT2D eigenvalue weighted by molar-refractivity contribution is -0.144. The maximum absolute atomic E-state index is 14.3. The molecule has 1 saturated heterocycles. The lowest BCUT2D eigenvalue weighted by atomic mass is 9.96. The second-order valence-corrected chi connectivity index (χ2v) is 18.5. The fraction of sp³-hybridized carbons (Fsp3) is 0.571. The Morgan fingerprint density at radius 3 is 1.85 bits per heavy atom. The molecule has 1 heterocycles. The van der Waals surface area contributed by atoms with Crippen LogP contribution in [-0.2, 0) is 68.6 Å². The van der Waals surface area contributed by atoms with Crippen LogP contribution >= 0.6 is 0 Å². The van der Waals surface area contributed by atoms with Gasteiger partial charge in [0.15, 0.2) is 0 Å². The molecule has 1 fully saturated rings. The molecule has 1 aromatic rings. The van der Waals surface area contributed by atoms with Crippen LogP contribution in [0.2, 0.25) is 0 Å². The van der Waals surface area contributed by atoms with Crippen molar-refractivity contribution in [2.45, 2.75) is 127 Å². The van der Waals surface area contributed by atoms with Crippen molar-refractivity contribution in [3.8, 4) is 5.75 Å². The monoisotopic (exact) mass is 1060 g/mol. The van der Waals surface area contributed by atoms with Crippen LogP contribution in [0.3, 0.4) is 0 Å². The molecule has 9 atom stereocenters. The minimum absolute atomic E-state index is 0.0436. The number of ether oxygens (including phenoxy) is 2. The van der Waals surface area contributed by atoms with E-state index in [0.717, 1.165) is 0 Å². The Hall–Kier alpha value is -7.45. The number of likely N-dealkylation sites (tertiary alicyclic amines) is 1. The Kier molecular flexibility index (Phi) is 27.7. The lowest BCUT2D eigenvalue weighted by Crippen LogP contribution is -2.62. The molecule has 0 spiro atoms. The molecule has 16 N–H and O–H groups in total. The number of benzene rings is 1. The number of hydrogen-bond donors (Lipinski definition) is 12. The molecule has 0 saturated carbocycles. The zero-order chi connectivity index (χ0) is 56.4. The van der Waals surface area contributed by atoms with Crippen LogP contribution < -0.4 is 60.2 Å². The highest BCUT2D eigenvalue weighted by molar-refractivity contribution is 5.99. The Balaban J connectivity index is 2.43. The van der Waals surface area contributed by atoms with Gasteiger partial charge in [-0.2, -0.15) is 0 Å². The molecule has 416 valence electrons. The average Bonchev–Trinajstić information content (AvgIpc) is 3.85. The molecule has 1 aliphatic heterocycles. The number of hydrogen-bond acceptors (Lipinski definition) is 15. The smallest absolute Gasteiger partial charge is 0.248 e. The molecule has 0 aromatic heterocycles. The highest BCUT2D eigenvalue weighted by Crippen LogP contribution is 2.20. The van der Waals surface area contributed by atoms with Gasteiger partial charge in [0.1, 0.15) is 54.1 Å². The third kappa shape index (κ3) is 22.7. The fourth-order valence-corrected chi connectivity index (χ4v) is 7.65. The van der Waals surface area contributed by atoms with Gasteiger partial charge in [-0.25, -0.2) is 0 Å². The second-order valence-electron chi connectivity index (χ2n) is 18.5. The Labute approximate surface area is 436 Å². The van der Waals surface area contributed by atoms with Crippen LogP contribution in [0.15, 0.2) is 49.6 Å². The van der Waals surface area contributed by atoms with Gasteiger partial charge in [0, 0.05) is 19.4 Å². The van der Waals surface area contributed by atoms with Crippen molar-refractivity contribution >= 4 is 65.0 Å². The molecule has 1 aliphatic rings. The van der Waals surface area contributed by atoms with Gasteiger partial charge in [-0.05, 0) is 55.2 Å². The number of phenolic OH excluding ortho intramolecular Hbond substituents is 1. The Morgan fingerprint density at radius 1 is 0.707 bits per heavy atom. The van der Waals surface area contributed by atoms with E-state index in [0.29, 0.717) is 18.4 Å². The molecule has 26 heteroatoms. The summed E-state index contributed by atoms with van der Waals surface area (Å²) in [6.45, 7) is 13.0. The van der Waals surface area contributed by atoms with E-state index >= 15 is 0 Å². The zero-order valence-electron chi connectivity index (χ0n) is 43.1. The number of nitrogens with one attached hydrogen (secondary N) is 7. The molecule has 75 heavy (non-hydrogen) atoms. The summed E-state index contributed by atoms with van der Waals surface area (Å²) in [5.41, 5.74) is 22.6. The number of carbonyl (C=O) groups is 11. The molecular weight excluding hydrogens is 981 g/mol. The lowest BCUT2D eigenvalue weighted by Gasteiger charge is -2.31. The first-order chi connectivity index (χ1) is 35.4.